The largest absolute Gasteiger partial charge is 4.00 e. The van der Waals surface area contributed by atoms with Crippen LogP contribution in [0.3, 0.4) is 0 Å². The van der Waals surface area contributed by atoms with E-state index in [-0.39, 0.29) is 21.7 Å². The number of hydrogen-bond donors (Lipinski definition) is 0. The Morgan fingerprint density at radius 2 is 0.836 bits per heavy atom. The number of aryl methyl sites for hydroxylation is 2. The summed E-state index contributed by atoms with van der Waals surface area (Å²) in [6, 6.07) is 53.8. The fourth-order valence-corrected chi connectivity index (χ4v) is 7.13. The van der Waals surface area contributed by atoms with E-state index in [1.54, 1.807) is 0 Å². The molecule has 0 N–H and O–H groups in total. The second-order valence-corrected chi connectivity index (χ2v) is 13.0. The van der Waals surface area contributed by atoms with Crippen LogP contribution in [0.15, 0.2) is 158 Å². The van der Waals surface area contributed by atoms with Crippen molar-refractivity contribution >= 4 is 0 Å². The van der Waals surface area contributed by atoms with Gasteiger partial charge in [0, 0.05) is 46.0 Å². The Kier molecular flexibility index (Phi) is 13.4. The molecule has 10 rings (SSSR count). The summed E-state index contributed by atoms with van der Waals surface area (Å²) in [5.41, 5.74) is 9.43. The van der Waals surface area contributed by atoms with E-state index in [4.69, 9.17) is 0 Å². The first kappa shape index (κ1) is 39.3. The Hall–Kier alpha value is -5.43. The van der Waals surface area contributed by atoms with Crippen molar-refractivity contribution in [3.8, 4) is 33.9 Å². The van der Waals surface area contributed by atoms with Gasteiger partial charge in [-0.3, -0.25) is 0 Å². The van der Waals surface area contributed by atoms with Crippen LogP contribution in [0.5, 0.6) is 0 Å². The van der Waals surface area contributed by atoms with Crippen LogP contribution in [0, 0.1) is 35.4 Å². The van der Waals surface area contributed by atoms with E-state index in [0.717, 1.165) is 72.4 Å². The van der Waals surface area contributed by atoms with Gasteiger partial charge < -0.3 is 9.13 Å². The zero-order valence-electron chi connectivity index (χ0n) is 30.2. The van der Waals surface area contributed by atoms with Crippen molar-refractivity contribution in [2.24, 2.45) is 0 Å². The van der Waals surface area contributed by atoms with Crippen LogP contribution in [-0.2, 0) is 47.4 Å². The van der Waals surface area contributed by atoms with E-state index in [1.165, 1.54) is 35.4 Å². The van der Waals surface area contributed by atoms with Gasteiger partial charge in [0.25, 0.3) is 0 Å². The first-order valence-electron chi connectivity index (χ1n) is 18.1. The summed E-state index contributed by atoms with van der Waals surface area (Å²) in [6.45, 7) is 0. The second-order valence-electron chi connectivity index (χ2n) is 13.0. The molecule has 0 radical (unpaired) electrons. The summed E-state index contributed by atoms with van der Waals surface area (Å²) < 4.78 is 58.7. The Morgan fingerprint density at radius 1 is 0.455 bits per heavy atom. The maximum atomic E-state index is 14.3. The van der Waals surface area contributed by atoms with E-state index in [9.17, 15) is 17.6 Å². The maximum absolute atomic E-state index is 14.3. The third-order valence-electron chi connectivity index (χ3n) is 9.52. The van der Waals surface area contributed by atoms with Crippen molar-refractivity contribution in [1.29, 1.82) is 0 Å². The van der Waals surface area contributed by atoms with E-state index in [2.05, 4.69) is 24.3 Å². The minimum Gasteiger partial charge on any atom is -0.365 e. The standard InChI is InChI=1S/2C19H14F2N.2C5H5.Ti/c2*20-15-9-10-18(16(21)12-15)22-17-8-4-7-14(17)11-19(22)13-5-2-1-3-6-13;2*1-2-4-5-3-1;/h2*1-3,5-6,9-11H,4,7-8H2;2*1-5H;/q4*-1;+4. The average molecular weight is 767 g/mol. The van der Waals surface area contributed by atoms with Crippen molar-refractivity contribution in [3.05, 3.63) is 216 Å². The van der Waals surface area contributed by atoms with Crippen LogP contribution in [0.25, 0.3) is 33.9 Å². The molecule has 2 nitrogen and oxygen atoms in total. The molecule has 272 valence electrons. The van der Waals surface area contributed by atoms with Crippen molar-refractivity contribution in [3.63, 3.8) is 0 Å². The van der Waals surface area contributed by atoms with Crippen molar-refractivity contribution in [2.75, 3.05) is 0 Å². The maximum Gasteiger partial charge on any atom is 4.00 e. The molecule has 6 aromatic carbocycles. The predicted molar refractivity (Wildman–Crippen MR) is 208 cm³/mol. The molecule has 0 amide bonds. The molecular weight excluding hydrogens is 728 g/mol. The van der Waals surface area contributed by atoms with Gasteiger partial charge in [-0.15, -0.1) is 36.4 Å². The van der Waals surface area contributed by atoms with Crippen molar-refractivity contribution in [2.45, 2.75) is 38.5 Å². The number of benzene rings is 4. The average Bonchev–Trinajstić information content (AvgIpc) is 4.04. The van der Waals surface area contributed by atoms with Gasteiger partial charge >= 0.3 is 21.7 Å². The molecule has 0 bridgehead atoms. The number of aromatic nitrogens is 2. The number of halogens is 4. The number of rotatable bonds is 4. The summed E-state index contributed by atoms with van der Waals surface area (Å²) in [4.78, 5) is 0. The van der Waals surface area contributed by atoms with Gasteiger partial charge in [-0.1, -0.05) is 60.7 Å². The summed E-state index contributed by atoms with van der Waals surface area (Å²) in [5, 5.41) is 0. The molecule has 0 unspecified atom stereocenters. The molecule has 2 aromatic heterocycles. The van der Waals surface area contributed by atoms with Crippen molar-refractivity contribution in [1.82, 2.24) is 9.13 Å². The molecule has 8 aromatic rings. The molecule has 0 atom stereocenters. The van der Waals surface area contributed by atoms with Gasteiger partial charge in [0.2, 0.25) is 0 Å². The number of fused-ring (bicyclic) bond motifs is 2. The van der Waals surface area contributed by atoms with Gasteiger partial charge in [0.1, 0.15) is 0 Å². The van der Waals surface area contributed by atoms with E-state index in [0.29, 0.717) is 11.4 Å². The van der Waals surface area contributed by atoms with Crippen LogP contribution in [0.1, 0.15) is 35.4 Å². The van der Waals surface area contributed by atoms with Crippen LogP contribution >= 0.6 is 0 Å². The first-order chi connectivity index (χ1) is 26.5. The summed E-state index contributed by atoms with van der Waals surface area (Å²) in [5.74, 6) is -2.65. The fraction of sp³-hybridized carbons (Fsp3) is 0.125. The van der Waals surface area contributed by atoms with Gasteiger partial charge in [-0.05, 0) is 84.3 Å². The summed E-state index contributed by atoms with van der Waals surface area (Å²) in [6.07, 6.45) is 6.00. The molecule has 0 saturated carbocycles. The molecule has 2 heterocycles. The molecule has 2 aliphatic carbocycles. The zero-order valence-corrected chi connectivity index (χ0v) is 31.7. The molecule has 2 aliphatic rings. The Balaban J connectivity index is 0.000000147. The third-order valence-corrected chi connectivity index (χ3v) is 9.52. The minimum atomic E-state index is -0.675. The Labute approximate surface area is 335 Å². The van der Waals surface area contributed by atoms with Crippen molar-refractivity contribution < 1.29 is 39.3 Å². The summed E-state index contributed by atoms with van der Waals surface area (Å²) >= 11 is 0. The van der Waals surface area contributed by atoms with E-state index < -0.39 is 23.3 Å². The van der Waals surface area contributed by atoms with Crippen LogP contribution < -0.4 is 0 Å². The zero-order chi connectivity index (χ0) is 37.3. The second kappa shape index (κ2) is 18.7. The molecule has 0 saturated heterocycles. The third kappa shape index (κ3) is 9.28. The smallest absolute Gasteiger partial charge is 0.365 e. The van der Waals surface area contributed by atoms with Gasteiger partial charge in [-0.2, -0.15) is 36.4 Å². The topological polar surface area (TPSA) is 9.86 Å². The van der Waals surface area contributed by atoms with Crippen LogP contribution in [-0.4, -0.2) is 9.13 Å². The van der Waals surface area contributed by atoms with E-state index in [1.807, 2.05) is 130 Å². The quantitative estimate of drug-likeness (QED) is 0.0959. The van der Waals surface area contributed by atoms with Gasteiger partial charge in [0.05, 0.1) is 0 Å². The molecule has 0 aliphatic heterocycles. The van der Waals surface area contributed by atoms with E-state index >= 15 is 0 Å². The van der Waals surface area contributed by atoms with Crippen LogP contribution in [0.2, 0.25) is 0 Å². The molecule has 55 heavy (non-hydrogen) atoms. The molecule has 7 heteroatoms. The van der Waals surface area contributed by atoms with Gasteiger partial charge in [0.15, 0.2) is 0 Å². The normalized spacial score (nSPS) is 12.1. The minimum absolute atomic E-state index is 0. The monoisotopic (exact) mass is 766 g/mol. The predicted octanol–water partition coefficient (Wildman–Crippen LogP) is 12.2. The van der Waals surface area contributed by atoms with Gasteiger partial charge in [-0.25, -0.2) is 41.8 Å². The number of hydrogen-bond acceptors (Lipinski definition) is 0. The number of nitrogens with zero attached hydrogens (tertiary/aromatic N) is 2. The fourth-order valence-electron chi connectivity index (χ4n) is 7.13. The molecule has 0 spiro atoms. The molecular formula is C48H38F4N2Ti. The first-order valence-corrected chi connectivity index (χ1v) is 18.1. The summed E-state index contributed by atoms with van der Waals surface area (Å²) in [7, 11) is 0. The SMILES string of the molecule is Fc1[c-]c(F)c(-n2c(-c3ccccc3)cc3c2CCC3)cc1.Fc1[c-]c(F)c(-n2c(-c3ccccc3)cc3c2CCC3)cc1.[Ti+4].c1cc[cH-]c1.c1cc[cH-]c1. The van der Waals surface area contributed by atoms with Crippen LogP contribution in [0.4, 0.5) is 17.6 Å². The Bertz CT molecular complexity index is 2170. The molecule has 0 fully saturated rings. The Morgan fingerprint density at radius 3 is 1.16 bits per heavy atom.